The van der Waals surface area contributed by atoms with Crippen LogP contribution in [0.5, 0.6) is 0 Å². The lowest BCUT2D eigenvalue weighted by molar-refractivity contribution is -0.123. The number of rotatable bonds is 2. The molecule has 12 heavy (non-hydrogen) atoms. The first-order chi connectivity index (χ1) is 5.48. The molecular weight excluding hydrogens is 150 g/mol. The molecule has 0 radical (unpaired) electrons. The number of amides is 1. The summed E-state index contributed by atoms with van der Waals surface area (Å²) in [6, 6.07) is 0.403. The molecule has 1 aliphatic carbocycles. The Labute approximate surface area is 74.7 Å². The van der Waals surface area contributed by atoms with Crippen LogP contribution in [-0.4, -0.2) is 11.9 Å². The Hall–Kier alpha value is -0.530. The van der Waals surface area contributed by atoms with E-state index in [0.29, 0.717) is 11.5 Å². The van der Waals surface area contributed by atoms with Crippen molar-refractivity contribution in [2.45, 2.75) is 46.6 Å². The zero-order valence-electron chi connectivity index (χ0n) is 8.48. The molecule has 1 rings (SSSR count). The summed E-state index contributed by atoms with van der Waals surface area (Å²) in [7, 11) is 0. The molecule has 2 nitrogen and oxygen atoms in total. The Bertz CT molecular complexity index is 186. The van der Waals surface area contributed by atoms with Crippen LogP contribution < -0.4 is 5.32 Å². The fourth-order valence-electron chi connectivity index (χ4n) is 2.20. The summed E-state index contributed by atoms with van der Waals surface area (Å²) >= 11 is 0. The third kappa shape index (κ3) is 1.47. The zero-order valence-corrected chi connectivity index (χ0v) is 8.48. The largest absolute Gasteiger partial charge is 0.353 e. The molecule has 1 aliphatic rings. The van der Waals surface area contributed by atoms with Crippen molar-refractivity contribution in [3.63, 3.8) is 0 Å². The normalized spacial score (nSPS) is 32.3. The van der Waals surface area contributed by atoms with Crippen molar-refractivity contribution in [2.75, 3.05) is 0 Å². The number of hydrogen-bond donors (Lipinski definition) is 1. The first kappa shape index (κ1) is 9.56. The molecule has 0 saturated heterocycles. The predicted molar refractivity (Wildman–Crippen MR) is 49.8 cm³/mol. The zero-order chi connectivity index (χ0) is 9.35. The Balaban J connectivity index is 2.47. The molecule has 1 fully saturated rings. The van der Waals surface area contributed by atoms with E-state index in [1.54, 1.807) is 6.92 Å². The van der Waals surface area contributed by atoms with Crippen LogP contribution >= 0.6 is 0 Å². The second-order valence-electron chi connectivity index (χ2n) is 4.42. The molecule has 1 saturated carbocycles. The van der Waals surface area contributed by atoms with Crippen molar-refractivity contribution >= 4 is 5.91 Å². The molecular formula is C10H19NO. The first-order valence-corrected chi connectivity index (χ1v) is 4.75. The Kier molecular flexibility index (Phi) is 2.45. The predicted octanol–water partition coefficient (Wildman–Crippen LogP) is 1.95. The highest BCUT2D eigenvalue weighted by atomic mass is 16.1. The fourth-order valence-corrected chi connectivity index (χ4v) is 2.20. The number of carbonyl (C=O) groups excluding carboxylic acids is 1. The van der Waals surface area contributed by atoms with E-state index in [9.17, 15) is 4.79 Å². The highest BCUT2D eigenvalue weighted by molar-refractivity contribution is 5.73. The van der Waals surface area contributed by atoms with E-state index in [0.717, 1.165) is 12.3 Å². The molecule has 0 bridgehead atoms. The van der Waals surface area contributed by atoms with Gasteiger partial charge in [0.25, 0.3) is 0 Å². The molecule has 0 heterocycles. The first-order valence-electron chi connectivity index (χ1n) is 4.75. The van der Waals surface area contributed by atoms with E-state index in [-0.39, 0.29) is 5.91 Å². The van der Waals surface area contributed by atoms with Gasteiger partial charge in [-0.2, -0.15) is 0 Å². The van der Waals surface area contributed by atoms with E-state index in [4.69, 9.17) is 0 Å². The molecule has 2 atom stereocenters. The van der Waals surface area contributed by atoms with E-state index >= 15 is 0 Å². The minimum absolute atomic E-state index is 0.0997. The van der Waals surface area contributed by atoms with Gasteiger partial charge in [0, 0.05) is 13.0 Å². The molecule has 0 spiro atoms. The van der Waals surface area contributed by atoms with Gasteiger partial charge < -0.3 is 5.32 Å². The van der Waals surface area contributed by atoms with E-state index < -0.39 is 0 Å². The highest BCUT2D eigenvalue weighted by Crippen LogP contribution is 2.47. The van der Waals surface area contributed by atoms with Gasteiger partial charge >= 0.3 is 0 Å². The summed E-state index contributed by atoms with van der Waals surface area (Å²) < 4.78 is 0. The van der Waals surface area contributed by atoms with Gasteiger partial charge in [-0.3, -0.25) is 4.79 Å². The van der Waals surface area contributed by atoms with Crippen LogP contribution in [-0.2, 0) is 4.79 Å². The Morgan fingerprint density at radius 3 is 2.50 bits per heavy atom. The Morgan fingerprint density at radius 2 is 2.17 bits per heavy atom. The third-order valence-electron chi connectivity index (χ3n) is 3.34. The van der Waals surface area contributed by atoms with E-state index in [1.807, 2.05) is 0 Å². The molecule has 0 aromatic heterocycles. The summed E-state index contributed by atoms with van der Waals surface area (Å²) in [4.78, 5) is 10.8. The average Bonchev–Trinajstić information content (AvgIpc) is 1.96. The van der Waals surface area contributed by atoms with Gasteiger partial charge in [-0.1, -0.05) is 27.2 Å². The molecule has 0 unspecified atom stereocenters. The quantitative estimate of drug-likeness (QED) is 0.672. The summed E-state index contributed by atoms with van der Waals surface area (Å²) in [6.45, 7) is 8.29. The maximum atomic E-state index is 10.8. The van der Waals surface area contributed by atoms with Crippen LogP contribution in [0.2, 0.25) is 0 Å². The molecule has 1 N–H and O–H groups in total. The van der Waals surface area contributed by atoms with Crippen LogP contribution in [0.15, 0.2) is 0 Å². The maximum Gasteiger partial charge on any atom is 0.217 e. The lowest BCUT2D eigenvalue weighted by Crippen LogP contribution is -2.57. The minimum Gasteiger partial charge on any atom is -0.353 e. The SMILES string of the molecule is CC[C@@H]1C[C@H](NC(C)=O)C1(C)C. The molecule has 70 valence electrons. The maximum absolute atomic E-state index is 10.8. The third-order valence-corrected chi connectivity index (χ3v) is 3.34. The van der Waals surface area contributed by atoms with Crippen molar-refractivity contribution in [3.05, 3.63) is 0 Å². The monoisotopic (exact) mass is 169 g/mol. The van der Waals surface area contributed by atoms with Crippen LogP contribution in [0.1, 0.15) is 40.5 Å². The molecule has 0 aromatic rings. The highest BCUT2D eigenvalue weighted by Gasteiger charge is 2.46. The van der Waals surface area contributed by atoms with Gasteiger partial charge in [0.05, 0.1) is 0 Å². The van der Waals surface area contributed by atoms with Crippen molar-refractivity contribution in [1.82, 2.24) is 5.32 Å². The van der Waals surface area contributed by atoms with Crippen molar-refractivity contribution in [3.8, 4) is 0 Å². The summed E-state index contributed by atoms with van der Waals surface area (Å²) in [5.74, 6) is 0.886. The minimum atomic E-state index is 0.0997. The second-order valence-corrected chi connectivity index (χ2v) is 4.42. The van der Waals surface area contributed by atoms with Crippen molar-refractivity contribution < 1.29 is 4.79 Å². The topological polar surface area (TPSA) is 29.1 Å². The van der Waals surface area contributed by atoms with E-state index in [2.05, 4.69) is 26.1 Å². The lowest BCUT2D eigenvalue weighted by Gasteiger charge is -2.52. The van der Waals surface area contributed by atoms with Crippen LogP contribution in [0.4, 0.5) is 0 Å². The van der Waals surface area contributed by atoms with Gasteiger partial charge in [0.2, 0.25) is 5.91 Å². The van der Waals surface area contributed by atoms with Crippen LogP contribution in [0, 0.1) is 11.3 Å². The summed E-state index contributed by atoms with van der Waals surface area (Å²) in [6.07, 6.45) is 2.38. The van der Waals surface area contributed by atoms with Gasteiger partial charge in [-0.05, 0) is 17.8 Å². The number of hydrogen-bond acceptors (Lipinski definition) is 1. The standard InChI is InChI=1S/C10H19NO/c1-5-8-6-9(10(8,3)4)11-7(2)12/h8-9H,5-6H2,1-4H3,(H,11,12)/t8-,9+/m1/s1. The number of carbonyl (C=O) groups is 1. The summed E-state index contributed by atoms with van der Waals surface area (Å²) in [5, 5.41) is 2.99. The molecule has 0 aliphatic heterocycles. The van der Waals surface area contributed by atoms with Crippen molar-refractivity contribution in [2.24, 2.45) is 11.3 Å². The van der Waals surface area contributed by atoms with Crippen LogP contribution in [0.3, 0.4) is 0 Å². The van der Waals surface area contributed by atoms with Gasteiger partial charge in [0.1, 0.15) is 0 Å². The molecule has 2 heteroatoms. The van der Waals surface area contributed by atoms with Crippen molar-refractivity contribution in [1.29, 1.82) is 0 Å². The Morgan fingerprint density at radius 1 is 1.58 bits per heavy atom. The van der Waals surface area contributed by atoms with Gasteiger partial charge in [-0.25, -0.2) is 0 Å². The molecule has 0 aromatic carbocycles. The van der Waals surface area contributed by atoms with E-state index in [1.165, 1.54) is 6.42 Å². The smallest absolute Gasteiger partial charge is 0.217 e. The fraction of sp³-hybridized carbons (Fsp3) is 0.900. The van der Waals surface area contributed by atoms with Crippen LogP contribution in [0.25, 0.3) is 0 Å². The van der Waals surface area contributed by atoms with Gasteiger partial charge in [0.15, 0.2) is 0 Å². The summed E-state index contributed by atoms with van der Waals surface area (Å²) in [5.41, 5.74) is 0.306. The average molecular weight is 169 g/mol. The number of nitrogens with one attached hydrogen (secondary N) is 1. The lowest BCUT2D eigenvalue weighted by atomic mass is 9.57. The second kappa shape index (κ2) is 3.08. The van der Waals surface area contributed by atoms with Gasteiger partial charge in [-0.15, -0.1) is 0 Å². The molecule has 1 amide bonds.